The van der Waals surface area contributed by atoms with Crippen molar-refractivity contribution in [1.29, 1.82) is 0 Å². The van der Waals surface area contributed by atoms with Crippen LogP contribution in [0, 0.1) is 0 Å². The Morgan fingerprint density at radius 2 is 1.83 bits per heavy atom. The fourth-order valence-corrected chi connectivity index (χ4v) is 4.74. The topological polar surface area (TPSA) is 89.4 Å². The van der Waals surface area contributed by atoms with Gasteiger partial charge in [-0.15, -0.1) is 0 Å². The standard InChI is InChI=1S/C15H19N3O4S/c19-23(20,18-9-3-4-10-18)13-8-7-12(21-13)15-16-14(17-22-15)11-5-1-2-6-11/h7-8,11H,1-6,9-10H2. The van der Waals surface area contributed by atoms with Gasteiger partial charge >= 0.3 is 0 Å². The summed E-state index contributed by atoms with van der Waals surface area (Å²) in [5, 5.41) is 3.96. The van der Waals surface area contributed by atoms with Crippen molar-refractivity contribution in [3.8, 4) is 11.7 Å². The molecule has 2 aromatic rings. The van der Waals surface area contributed by atoms with E-state index >= 15 is 0 Å². The molecule has 3 heterocycles. The van der Waals surface area contributed by atoms with Crippen molar-refractivity contribution in [1.82, 2.24) is 14.4 Å². The van der Waals surface area contributed by atoms with Crippen LogP contribution in [0.3, 0.4) is 0 Å². The second-order valence-corrected chi connectivity index (χ2v) is 8.04. The van der Waals surface area contributed by atoms with Gasteiger partial charge in [0.1, 0.15) is 0 Å². The lowest BCUT2D eigenvalue weighted by molar-refractivity contribution is 0.383. The fourth-order valence-electron chi connectivity index (χ4n) is 3.31. The van der Waals surface area contributed by atoms with E-state index in [1.807, 2.05) is 0 Å². The second-order valence-electron chi connectivity index (χ2n) is 6.17. The van der Waals surface area contributed by atoms with Crippen molar-refractivity contribution in [2.45, 2.75) is 49.5 Å². The lowest BCUT2D eigenvalue weighted by Gasteiger charge is -2.12. The van der Waals surface area contributed by atoms with Gasteiger partial charge in [0.25, 0.3) is 15.9 Å². The molecule has 8 heteroatoms. The molecule has 0 spiro atoms. The first kappa shape index (κ1) is 14.9. The largest absolute Gasteiger partial charge is 0.438 e. The lowest BCUT2D eigenvalue weighted by Crippen LogP contribution is -2.27. The van der Waals surface area contributed by atoms with Crippen LogP contribution in [0.5, 0.6) is 0 Å². The minimum Gasteiger partial charge on any atom is -0.438 e. The average molecular weight is 337 g/mol. The summed E-state index contributed by atoms with van der Waals surface area (Å²) in [6, 6.07) is 3.04. The highest BCUT2D eigenvalue weighted by atomic mass is 32.2. The third-order valence-corrected chi connectivity index (χ3v) is 6.39. The maximum absolute atomic E-state index is 12.5. The zero-order chi connectivity index (χ0) is 15.9. The molecule has 2 aliphatic rings. The average Bonchev–Trinajstić information content (AvgIpc) is 3.36. The molecule has 7 nitrogen and oxygen atoms in total. The number of rotatable bonds is 4. The Morgan fingerprint density at radius 3 is 2.57 bits per heavy atom. The van der Waals surface area contributed by atoms with Gasteiger partial charge in [-0.05, 0) is 37.8 Å². The van der Waals surface area contributed by atoms with Gasteiger partial charge in [-0.2, -0.15) is 9.29 Å². The van der Waals surface area contributed by atoms with Crippen molar-refractivity contribution >= 4 is 10.0 Å². The van der Waals surface area contributed by atoms with Crippen molar-refractivity contribution < 1.29 is 17.4 Å². The summed E-state index contributed by atoms with van der Waals surface area (Å²) < 4.78 is 37.1. The summed E-state index contributed by atoms with van der Waals surface area (Å²) in [7, 11) is -3.56. The first-order chi connectivity index (χ1) is 11.1. The summed E-state index contributed by atoms with van der Waals surface area (Å²) in [6.45, 7) is 1.09. The molecule has 124 valence electrons. The van der Waals surface area contributed by atoms with Gasteiger partial charge in [-0.1, -0.05) is 18.0 Å². The summed E-state index contributed by atoms with van der Waals surface area (Å²) in [4.78, 5) is 4.38. The SMILES string of the molecule is O=S(=O)(c1ccc(-c2nc(C3CCCC3)no2)o1)N1CCCC1. The van der Waals surface area contributed by atoms with E-state index in [0.29, 0.717) is 30.6 Å². The number of hydrogen-bond acceptors (Lipinski definition) is 6. The first-order valence-corrected chi connectivity index (χ1v) is 9.52. The zero-order valence-electron chi connectivity index (χ0n) is 12.8. The summed E-state index contributed by atoms with van der Waals surface area (Å²) in [6.07, 6.45) is 6.31. The molecule has 4 rings (SSSR count). The van der Waals surface area contributed by atoms with Crippen molar-refractivity contribution in [2.24, 2.45) is 0 Å². The highest BCUT2D eigenvalue weighted by Crippen LogP contribution is 2.34. The van der Waals surface area contributed by atoms with E-state index in [1.54, 1.807) is 6.07 Å². The molecule has 1 aliphatic carbocycles. The molecule has 0 aromatic carbocycles. The van der Waals surface area contributed by atoms with Crippen molar-refractivity contribution in [2.75, 3.05) is 13.1 Å². The zero-order valence-corrected chi connectivity index (χ0v) is 13.6. The molecule has 2 fully saturated rings. The number of furan rings is 1. The third-order valence-electron chi connectivity index (χ3n) is 4.61. The van der Waals surface area contributed by atoms with E-state index in [-0.39, 0.29) is 11.0 Å². The predicted octanol–water partition coefficient (Wildman–Crippen LogP) is 2.77. The predicted molar refractivity (Wildman–Crippen MR) is 81.2 cm³/mol. The minimum atomic E-state index is -3.56. The Hall–Kier alpha value is -1.67. The van der Waals surface area contributed by atoms with Crippen LogP contribution in [0.1, 0.15) is 50.3 Å². The van der Waals surface area contributed by atoms with Crippen LogP contribution < -0.4 is 0 Å². The van der Waals surface area contributed by atoms with Gasteiger partial charge in [0.15, 0.2) is 11.6 Å². The van der Waals surface area contributed by atoms with Crippen LogP contribution in [0.2, 0.25) is 0 Å². The van der Waals surface area contributed by atoms with E-state index < -0.39 is 10.0 Å². The van der Waals surface area contributed by atoms with E-state index in [2.05, 4.69) is 10.1 Å². The smallest absolute Gasteiger partial charge is 0.293 e. The quantitative estimate of drug-likeness (QED) is 0.852. The van der Waals surface area contributed by atoms with Gasteiger partial charge < -0.3 is 8.94 Å². The Morgan fingerprint density at radius 1 is 1.09 bits per heavy atom. The fraction of sp³-hybridized carbons (Fsp3) is 0.600. The van der Waals surface area contributed by atoms with E-state index in [9.17, 15) is 8.42 Å². The maximum atomic E-state index is 12.5. The number of hydrogen-bond donors (Lipinski definition) is 0. The highest BCUT2D eigenvalue weighted by Gasteiger charge is 2.31. The van der Waals surface area contributed by atoms with Gasteiger partial charge in [0.05, 0.1) is 0 Å². The van der Waals surface area contributed by atoms with Crippen LogP contribution >= 0.6 is 0 Å². The van der Waals surface area contributed by atoms with Crippen LogP contribution in [0.25, 0.3) is 11.7 Å². The van der Waals surface area contributed by atoms with Crippen LogP contribution in [-0.2, 0) is 10.0 Å². The van der Waals surface area contributed by atoms with Gasteiger partial charge in [0.2, 0.25) is 5.09 Å². The molecule has 23 heavy (non-hydrogen) atoms. The van der Waals surface area contributed by atoms with Crippen LogP contribution in [0.4, 0.5) is 0 Å². The van der Waals surface area contributed by atoms with Gasteiger partial charge in [0, 0.05) is 19.0 Å². The number of nitrogens with zero attached hydrogens (tertiary/aromatic N) is 3. The summed E-state index contributed by atoms with van der Waals surface area (Å²) >= 11 is 0. The summed E-state index contributed by atoms with van der Waals surface area (Å²) in [5.74, 6) is 1.59. The molecule has 1 saturated heterocycles. The number of aromatic nitrogens is 2. The maximum Gasteiger partial charge on any atom is 0.293 e. The molecule has 0 amide bonds. The molecule has 0 atom stereocenters. The highest BCUT2D eigenvalue weighted by molar-refractivity contribution is 7.89. The van der Waals surface area contributed by atoms with Crippen molar-refractivity contribution in [3.05, 3.63) is 18.0 Å². The molecular formula is C15H19N3O4S. The third kappa shape index (κ3) is 2.70. The summed E-state index contributed by atoms with van der Waals surface area (Å²) in [5.41, 5.74) is 0. The lowest BCUT2D eigenvalue weighted by atomic mass is 10.1. The van der Waals surface area contributed by atoms with Gasteiger partial charge in [-0.25, -0.2) is 8.42 Å². The molecule has 0 bridgehead atoms. The molecule has 0 radical (unpaired) electrons. The first-order valence-electron chi connectivity index (χ1n) is 8.08. The van der Waals surface area contributed by atoms with Crippen LogP contribution in [0.15, 0.2) is 26.2 Å². The molecule has 0 N–H and O–H groups in total. The molecule has 1 aliphatic heterocycles. The monoisotopic (exact) mass is 337 g/mol. The molecule has 2 aromatic heterocycles. The normalized spacial score (nSPS) is 20.5. The number of sulfonamides is 1. The minimum absolute atomic E-state index is 0.0602. The van der Waals surface area contributed by atoms with Gasteiger partial charge in [-0.3, -0.25) is 0 Å². The Kier molecular flexibility index (Phi) is 3.73. The van der Waals surface area contributed by atoms with E-state index in [1.165, 1.54) is 23.2 Å². The van der Waals surface area contributed by atoms with E-state index in [0.717, 1.165) is 25.7 Å². The van der Waals surface area contributed by atoms with E-state index in [4.69, 9.17) is 8.94 Å². The van der Waals surface area contributed by atoms with Crippen molar-refractivity contribution in [3.63, 3.8) is 0 Å². The molecular weight excluding hydrogens is 318 g/mol. The Balaban J connectivity index is 1.58. The second kappa shape index (κ2) is 5.76. The Labute approximate surface area is 134 Å². The molecule has 0 unspecified atom stereocenters. The van der Waals surface area contributed by atoms with Crippen LogP contribution in [-0.4, -0.2) is 36.0 Å². The molecule has 1 saturated carbocycles. The Bertz CT molecular complexity index is 783.